The van der Waals surface area contributed by atoms with Crippen molar-refractivity contribution in [3.05, 3.63) is 0 Å². The van der Waals surface area contributed by atoms with E-state index in [2.05, 4.69) is 13.0 Å². The summed E-state index contributed by atoms with van der Waals surface area (Å²) in [5.41, 5.74) is 0.0521. The average molecular weight is 151 g/mol. The van der Waals surface area contributed by atoms with Crippen LogP contribution in [-0.4, -0.2) is 0 Å². The Morgan fingerprint density at radius 3 is 2.09 bits per heavy atom. The lowest BCUT2D eigenvalue weighted by Gasteiger charge is -2.22. The molecule has 62 valence electrons. The Morgan fingerprint density at radius 1 is 1.18 bits per heavy atom. The van der Waals surface area contributed by atoms with Gasteiger partial charge in [-0.15, -0.1) is 0 Å². The lowest BCUT2D eigenvalue weighted by atomic mass is 9.80. The lowest BCUT2D eigenvalue weighted by Crippen LogP contribution is -2.15. The zero-order chi connectivity index (χ0) is 8.16. The number of hydrogen-bond donors (Lipinski definition) is 0. The number of nitriles is 1. The van der Waals surface area contributed by atoms with Gasteiger partial charge in [0.1, 0.15) is 0 Å². The second-order valence-electron chi connectivity index (χ2n) is 3.66. The molecule has 0 aliphatic heterocycles. The van der Waals surface area contributed by atoms with E-state index in [1.807, 2.05) is 0 Å². The molecular formula is C10H17N. The summed E-state index contributed by atoms with van der Waals surface area (Å²) in [5, 5.41) is 9.02. The fourth-order valence-electron chi connectivity index (χ4n) is 1.95. The minimum Gasteiger partial charge on any atom is -0.198 e. The molecule has 1 fully saturated rings. The molecule has 1 heteroatoms. The van der Waals surface area contributed by atoms with Crippen LogP contribution < -0.4 is 0 Å². The Labute approximate surface area is 69.4 Å². The van der Waals surface area contributed by atoms with E-state index in [1.165, 1.54) is 25.7 Å². The van der Waals surface area contributed by atoms with E-state index < -0.39 is 0 Å². The predicted molar refractivity (Wildman–Crippen MR) is 46.0 cm³/mol. The van der Waals surface area contributed by atoms with Crippen LogP contribution >= 0.6 is 0 Å². The molecule has 0 saturated heterocycles. The van der Waals surface area contributed by atoms with Gasteiger partial charge in [0, 0.05) is 0 Å². The third-order valence-corrected chi connectivity index (χ3v) is 2.97. The molecule has 0 unspecified atom stereocenters. The van der Waals surface area contributed by atoms with Crippen molar-refractivity contribution in [3.8, 4) is 6.07 Å². The zero-order valence-corrected chi connectivity index (χ0v) is 7.40. The van der Waals surface area contributed by atoms with Crippen molar-refractivity contribution < 1.29 is 0 Å². The summed E-state index contributed by atoms with van der Waals surface area (Å²) in [6.45, 7) is 2.15. The standard InChI is InChI=1S/C10H17N/c1-2-10(9-11)7-5-3-4-6-8-10/h2-8H2,1H3. The Kier molecular flexibility index (Phi) is 2.93. The first-order valence-corrected chi connectivity index (χ1v) is 4.74. The normalized spacial score (nSPS) is 23.6. The summed E-state index contributed by atoms with van der Waals surface area (Å²) < 4.78 is 0. The minimum atomic E-state index is 0.0521. The molecule has 1 aliphatic rings. The molecular weight excluding hydrogens is 134 g/mol. The van der Waals surface area contributed by atoms with Crippen molar-refractivity contribution in [1.29, 1.82) is 5.26 Å². The van der Waals surface area contributed by atoms with Gasteiger partial charge in [0.2, 0.25) is 0 Å². The molecule has 1 saturated carbocycles. The van der Waals surface area contributed by atoms with Gasteiger partial charge in [0.15, 0.2) is 0 Å². The van der Waals surface area contributed by atoms with Crippen LogP contribution in [-0.2, 0) is 0 Å². The molecule has 0 aromatic carbocycles. The van der Waals surface area contributed by atoms with Gasteiger partial charge in [-0.05, 0) is 19.3 Å². The highest BCUT2D eigenvalue weighted by Gasteiger charge is 2.28. The molecule has 0 bridgehead atoms. The Balaban J connectivity index is 2.58. The molecule has 0 radical (unpaired) electrons. The molecule has 1 aliphatic carbocycles. The van der Waals surface area contributed by atoms with Gasteiger partial charge >= 0.3 is 0 Å². The number of nitrogens with zero attached hydrogens (tertiary/aromatic N) is 1. The summed E-state index contributed by atoms with van der Waals surface area (Å²) >= 11 is 0. The largest absolute Gasteiger partial charge is 0.198 e. The highest BCUT2D eigenvalue weighted by atomic mass is 14.4. The summed E-state index contributed by atoms with van der Waals surface area (Å²) in [6.07, 6.45) is 8.53. The maximum absolute atomic E-state index is 9.02. The van der Waals surface area contributed by atoms with Crippen LogP contribution in [0.15, 0.2) is 0 Å². The average Bonchev–Trinajstić information content (AvgIpc) is 2.30. The van der Waals surface area contributed by atoms with E-state index in [-0.39, 0.29) is 5.41 Å². The molecule has 1 rings (SSSR count). The van der Waals surface area contributed by atoms with E-state index >= 15 is 0 Å². The van der Waals surface area contributed by atoms with Crippen molar-refractivity contribution in [1.82, 2.24) is 0 Å². The van der Waals surface area contributed by atoms with E-state index in [4.69, 9.17) is 5.26 Å². The molecule has 0 amide bonds. The van der Waals surface area contributed by atoms with Gasteiger partial charge in [-0.3, -0.25) is 0 Å². The van der Waals surface area contributed by atoms with Crippen molar-refractivity contribution in [2.45, 2.75) is 51.9 Å². The number of hydrogen-bond acceptors (Lipinski definition) is 1. The fraction of sp³-hybridized carbons (Fsp3) is 0.900. The smallest absolute Gasteiger partial charge is 0.0689 e. The van der Waals surface area contributed by atoms with Crippen molar-refractivity contribution >= 4 is 0 Å². The van der Waals surface area contributed by atoms with Gasteiger partial charge < -0.3 is 0 Å². The Morgan fingerprint density at radius 2 is 1.73 bits per heavy atom. The molecule has 0 aromatic rings. The highest BCUT2D eigenvalue weighted by Crippen LogP contribution is 2.36. The van der Waals surface area contributed by atoms with Crippen LogP contribution in [0.3, 0.4) is 0 Å². The molecule has 1 nitrogen and oxygen atoms in total. The quantitative estimate of drug-likeness (QED) is 0.528. The molecule has 0 aromatic heterocycles. The van der Waals surface area contributed by atoms with Crippen molar-refractivity contribution in [3.63, 3.8) is 0 Å². The topological polar surface area (TPSA) is 23.8 Å². The van der Waals surface area contributed by atoms with E-state index in [1.54, 1.807) is 0 Å². The summed E-state index contributed by atoms with van der Waals surface area (Å²) in [7, 11) is 0. The maximum atomic E-state index is 9.02. The Hall–Kier alpha value is -0.510. The molecule has 0 heterocycles. The van der Waals surface area contributed by atoms with Crippen LogP contribution in [0.5, 0.6) is 0 Å². The monoisotopic (exact) mass is 151 g/mol. The van der Waals surface area contributed by atoms with Gasteiger partial charge in [-0.2, -0.15) is 5.26 Å². The Bertz CT molecular complexity index is 147. The lowest BCUT2D eigenvalue weighted by molar-refractivity contribution is 0.329. The third-order valence-electron chi connectivity index (χ3n) is 2.97. The molecule has 0 N–H and O–H groups in total. The van der Waals surface area contributed by atoms with Gasteiger partial charge in [0.05, 0.1) is 11.5 Å². The van der Waals surface area contributed by atoms with E-state index in [0.717, 1.165) is 19.3 Å². The van der Waals surface area contributed by atoms with Crippen molar-refractivity contribution in [2.75, 3.05) is 0 Å². The molecule has 0 atom stereocenters. The SMILES string of the molecule is CCC1(C#N)CCCCCC1. The second kappa shape index (κ2) is 3.76. The summed E-state index contributed by atoms with van der Waals surface area (Å²) in [6, 6.07) is 2.51. The molecule has 0 spiro atoms. The van der Waals surface area contributed by atoms with Crippen LogP contribution in [0.4, 0.5) is 0 Å². The first-order chi connectivity index (χ1) is 5.33. The third kappa shape index (κ3) is 1.96. The first kappa shape index (κ1) is 8.59. The van der Waals surface area contributed by atoms with Crippen LogP contribution in [0.2, 0.25) is 0 Å². The van der Waals surface area contributed by atoms with Crippen molar-refractivity contribution in [2.24, 2.45) is 5.41 Å². The minimum absolute atomic E-state index is 0.0521. The second-order valence-corrected chi connectivity index (χ2v) is 3.66. The van der Waals surface area contributed by atoms with E-state index in [0.29, 0.717) is 0 Å². The maximum Gasteiger partial charge on any atom is 0.0689 e. The predicted octanol–water partition coefficient (Wildman–Crippen LogP) is 3.26. The van der Waals surface area contributed by atoms with E-state index in [9.17, 15) is 0 Å². The van der Waals surface area contributed by atoms with Gasteiger partial charge in [-0.25, -0.2) is 0 Å². The first-order valence-electron chi connectivity index (χ1n) is 4.74. The number of rotatable bonds is 1. The molecule has 11 heavy (non-hydrogen) atoms. The highest BCUT2D eigenvalue weighted by molar-refractivity contribution is 4.98. The van der Waals surface area contributed by atoms with Crippen LogP contribution in [0.1, 0.15) is 51.9 Å². The van der Waals surface area contributed by atoms with Gasteiger partial charge in [0.25, 0.3) is 0 Å². The fourth-order valence-corrected chi connectivity index (χ4v) is 1.95. The zero-order valence-electron chi connectivity index (χ0n) is 7.40. The van der Waals surface area contributed by atoms with Gasteiger partial charge in [-0.1, -0.05) is 32.6 Å². The van der Waals surface area contributed by atoms with Crippen LogP contribution in [0.25, 0.3) is 0 Å². The van der Waals surface area contributed by atoms with Crippen LogP contribution in [0, 0.1) is 16.7 Å². The summed E-state index contributed by atoms with van der Waals surface area (Å²) in [4.78, 5) is 0. The summed E-state index contributed by atoms with van der Waals surface area (Å²) in [5.74, 6) is 0.